The van der Waals surface area contributed by atoms with Crippen LogP contribution in [0.25, 0.3) is 0 Å². The molecule has 1 saturated carbocycles. The first-order valence-corrected chi connectivity index (χ1v) is 7.29. The van der Waals surface area contributed by atoms with Gasteiger partial charge in [0, 0.05) is 13.6 Å². The fraction of sp³-hybridized carbons (Fsp3) is 0.615. The summed E-state index contributed by atoms with van der Waals surface area (Å²) in [4.78, 5) is 0. The van der Waals surface area contributed by atoms with Gasteiger partial charge in [0.05, 0.1) is 34.8 Å². The summed E-state index contributed by atoms with van der Waals surface area (Å²) >= 11 is 6.24. The van der Waals surface area contributed by atoms with E-state index in [0.29, 0.717) is 11.6 Å². The first-order chi connectivity index (χ1) is 9.63. The lowest BCUT2D eigenvalue weighted by Gasteiger charge is -2.02. The second-order valence-corrected chi connectivity index (χ2v) is 5.83. The number of halogens is 1. The highest BCUT2D eigenvalue weighted by Crippen LogP contribution is 2.27. The van der Waals surface area contributed by atoms with Gasteiger partial charge in [-0.15, -0.1) is 5.10 Å². The molecule has 0 saturated heterocycles. The van der Waals surface area contributed by atoms with E-state index in [-0.39, 0.29) is 0 Å². The zero-order chi connectivity index (χ0) is 14.1. The van der Waals surface area contributed by atoms with Crippen LogP contribution in [0.4, 0.5) is 0 Å². The van der Waals surface area contributed by atoms with Crippen molar-refractivity contribution >= 4 is 11.6 Å². The Morgan fingerprint density at radius 1 is 1.45 bits per heavy atom. The van der Waals surface area contributed by atoms with Crippen molar-refractivity contribution < 1.29 is 0 Å². The van der Waals surface area contributed by atoms with Gasteiger partial charge < -0.3 is 5.32 Å². The molecule has 7 heteroatoms. The van der Waals surface area contributed by atoms with E-state index >= 15 is 0 Å². The standard InChI is InChI=1S/C13H19ClN6/c1-9-13(14)12(19(2)17-9)8-20-7-11(16-18-20)6-15-5-10-3-4-10/h7,10,15H,3-6,8H2,1-2H3. The van der Waals surface area contributed by atoms with Crippen molar-refractivity contribution in [3.8, 4) is 0 Å². The zero-order valence-electron chi connectivity index (χ0n) is 11.8. The van der Waals surface area contributed by atoms with E-state index in [4.69, 9.17) is 11.6 Å². The summed E-state index contributed by atoms with van der Waals surface area (Å²) in [6.45, 7) is 4.35. The number of aryl methyl sites for hydroxylation is 2. The van der Waals surface area contributed by atoms with Crippen LogP contribution in [0.5, 0.6) is 0 Å². The summed E-state index contributed by atoms with van der Waals surface area (Å²) in [5.41, 5.74) is 2.75. The molecule has 20 heavy (non-hydrogen) atoms. The topological polar surface area (TPSA) is 60.6 Å². The number of rotatable bonds is 6. The van der Waals surface area contributed by atoms with E-state index in [0.717, 1.165) is 36.1 Å². The molecule has 0 radical (unpaired) electrons. The van der Waals surface area contributed by atoms with Gasteiger partial charge in [0.1, 0.15) is 0 Å². The Bertz CT molecular complexity index is 598. The van der Waals surface area contributed by atoms with Crippen LogP contribution in [0.15, 0.2) is 6.20 Å². The lowest BCUT2D eigenvalue weighted by molar-refractivity contribution is 0.598. The Morgan fingerprint density at radius 2 is 2.25 bits per heavy atom. The van der Waals surface area contributed by atoms with Gasteiger partial charge in [-0.25, -0.2) is 4.68 Å². The minimum Gasteiger partial charge on any atom is -0.311 e. The molecule has 1 aliphatic carbocycles. The Labute approximate surface area is 123 Å². The van der Waals surface area contributed by atoms with Crippen LogP contribution in [0.2, 0.25) is 5.02 Å². The van der Waals surface area contributed by atoms with E-state index in [1.165, 1.54) is 12.8 Å². The maximum atomic E-state index is 6.24. The molecule has 2 aromatic heterocycles. The van der Waals surface area contributed by atoms with Crippen LogP contribution in [0, 0.1) is 12.8 Å². The zero-order valence-corrected chi connectivity index (χ0v) is 12.6. The van der Waals surface area contributed by atoms with E-state index < -0.39 is 0 Å². The van der Waals surface area contributed by atoms with Gasteiger partial charge in [0.25, 0.3) is 0 Å². The average molecular weight is 295 g/mol. The van der Waals surface area contributed by atoms with Crippen LogP contribution in [0.1, 0.15) is 29.9 Å². The predicted octanol–water partition coefficient (Wildman–Crippen LogP) is 1.52. The number of nitrogens with zero attached hydrogens (tertiary/aromatic N) is 5. The van der Waals surface area contributed by atoms with E-state index in [1.54, 1.807) is 9.36 Å². The number of nitrogens with one attached hydrogen (secondary N) is 1. The minimum atomic E-state index is 0.589. The van der Waals surface area contributed by atoms with Crippen molar-refractivity contribution in [1.82, 2.24) is 30.1 Å². The monoisotopic (exact) mass is 294 g/mol. The van der Waals surface area contributed by atoms with Gasteiger partial charge in [0.15, 0.2) is 0 Å². The molecule has 6 nitrogen and oxygen atoms in total. The van der Waals surface area contributed by atoms with Crippen LogP contribution >= 0.6 is 11.6 Å². The van der Waals surface area contributed by atoms with Gasteiger partial charge in [-0.2, -0.15) is 5.10 Å². The highest BCUT2D eigenvalue weighted by Gasteiger charge is 2.20. The van der Waals surface area contributed by atoms with Crippen molar-refractivity contribution in [3.05, 3.63) is 28.3 Å². The fourth-order valence-corrected chi connectivity index (χ4v) is 2.45. The van der Waals surface area contributed by atoms with Gasteiger partial charge in [-0.05, 0) is 32.2 Å². The Kier molecular flexibility index (Phi) is 3.76. The van der Waals surface area contributed by atoms with Crippen molar-refractivity contribution in [2.24, 2.45) is 13.0 Å². The maximum absolute atomic E-state index is 6.24. The largest absolute Gasteiger partial charge is 0.311 e. The molecule has 0 spiro atoms. The second-order valence-electron chi connectivity index (χ2n) is 5.45. The first kappa shape index (κ1) is 13.6. The Balaban J connectivity index is 1.61. The molecule has 0 unspecified atom stereocenters. The molecule has 0 atom stereocenters. The summed E-state index contributed by atoms with van der Waals surface area (Å²) in [6.07, 6.45) is 4.68. The van der Waals surface area contributed by atoms with Crippen LogP contribution in [-0.2, 0) is 20.1 Å². The summed E-state index contributed by atoms with van der Waals surface area (Å²) in [6, 6.07) is 0. The highest BCUT2D eigenvalue weighted by atomic mass is 35.5. The Hall–Kier alpha value is -1.40. The lowest BCUT2D eigenvalue weighted by Crippen LogP contribution is -2.16. The molecule has 0 bridgehead atoms. The summed E-state index contributed by atoms with van der Waals surface area (Å²) in [5.74, 6) is 0.876. The minimum absolute atomic E-state index is 0.589. The molecule has 2 heterocycles. The van der Waals surface area contributed by atoms with E-state index in [1.807, 2.05) is 20.2 Å². The summed E-state index contributed by atoms with van der Waals surface area (Å²) in [5, 5.41) is 16.7. The Morgan fingerprint density at radius 3 is 2.90 bits per heavy atom. The number of hydrogen-bond acceptors (Lipinski definition) is 4. The van der Waals surface area contributed by atoms with E-state index in [2.05, 4.69) is 20.7 Å². The quantitative estimate of drug-likeness (QED) is 0.877. The smallest absolute Gasteiger partial charge is 0.0964 e. The molecule has 2 aromatic rings. The van der Waals surface area contributed by atoms with Gasteiger partial charge in [-0.3, -0.25) is 4.68 Å². The maximum Gasteiger partial charge on any atom is 0.0964 e. The van der Waals surface area contributed by atoms with Crippen LogP contribution in [0.3, 0.4) is 0 Å². The molecule has 0 aliphatic heterocycles. The van der Waals surface area contributed by atoms with E-state index in [9.17, 15) is 0 Å². The van der Waals surface area contributed by atoms with Crippen molar-refractivity contribution in [2.45, 2.75) is 32.9 Å². The molecule has 1 aliphatic rings. The SMILES string of the molecule is Cc1nn(C)c(Cn2cc(CNCC3CC3)nn2)c1Cl. The van der Waals surface area contributed by atoms with Crippen molar-refractivity contribution in [2.75, 3.05) is 6.54 Å². The van der Waals surface area contributed by atoms with Crippen LogP contribution in [-0.4, -0.2) is 31.3 Å². The third-order valence-corrected chi connectivity index (χ3v) is 4.09. The fourth-order valence-electron chi connectivity index (χ4n) is 2.23. The number of aromatic nitrogens is 5. The summed E-state index contributed by atoms with van der Waals surface area (Å²) in [7, 11) is 1.89. The third kappa shape index (κ3) is 3.02. The van der Waals surface area contributed by atoms with Gasteiger partial charge in [-0.1, -0.05) is 16.8 Å². The van der Waals surface area contributed by atoms with Crippen molar-refractivity contribution in [1.29, 1.82) is 0 Å². The average Bonchev–Trinajstić information content (AvgIpc) is 3.08. The van der Waals surface area contributed by atoms with Crippen molar-refractivity contribution in [3.63, 3.8) is 0 Å². The molecule has 3 rings (SSSR count). The molecular weight excluding hydrogens is 276 g/mol. The normalized spacial score (nSPS) is 14.9. The highest BCUT2D eigenvalue weighted by molar-refractivity contribution is 6.31. The van der Waals surface area contributed by atoms with Gasteiger partial charge in [0.2, 0.25) is 0 Å². The third-order valence-electron chi connectivity index (χ3n) is 3.60. The molecule has 0 amide bonds. The van der Waals surface area contributed by atoms with Gasteiger partial charge >= 0.3 is 0 Å². The predicted molar refractivity (Wildman–Crippen MR) is 76.5 cm³/mol. The molecule has 0 aromatic carbocycles. The lowest BCUT2D eigenvalue weighted by atomic mass is 10.3. The first-order valence-electron chi connectivity index (χ1n) is 6.91. The molecule has 1 fully saturated rings. The second kappa shape index (κ2) is 5.54. The number of hydrogen-bond donors (Lipinski definition) is 1. The molecule has 1 N–H and O–H groups in total. The summed E-state index contributed by atoms with van der Waals surface area (Å²) < 4.78 is 3.60. The molecular formula is C13H19ClN6. The van der Waals surface area contributed by atoms with Crippen LogP contribution < -0.4 is 5.32 Å². The molecule has 108 valence electrons.